The summed E-state index contributed by atoms with van der Waals surface area (Å²) in [4.78, 5) is 54.8. The Kier molecular flexibility index (Phi) is 6.18. The lowest BCUT2D eigenvalue weighted by molar-refractivity contribution is -0.134. The average Bonchev–Trinajstić information content (AvgIpc) is 3.33. The second-order valence-corrected chi connectivity index (χ2v) is 8.84. The summed E-state index contributed by atoms with van der Waals surface area (Å²) in [6.07, 6.45) is 4.00. The molecule has 1 aliphatic carbocycles. The average molecular weight is 447 g/mol. The van der Waals surface area contributed by atoms with Crippen LogP contribution in [0.5, 0.6) is 0 Å². The van der Waals surface area contributed by atoms with Gasteiger partial charge >= 0.3 is 6.03 Å². The molecule has 2 saturated heterocycles. The maximum absolute atomic E-state index is 12.7. The normalized spacial score (nSPS) is 20.5. The molecule has 4 rings (SSSR count). The number of urea groups is 1. The topological polar surface area (TPSA) is 90.0 Å². The van der Waals surface area contributed by atoms with E-state index in [9.17, 15) is 19.2 Å². The molecule has 1 N–H and O–H groups in total. The number of benzene rings is 1. The quantitative estimate of drug-likeness (QED) is 0.702. The largest absolute Gasteiger partial charge is 0.339 e. The van der Waals surface area contributed by atoms with E-state index >= 15 is 0 Å². The van der Waals surface area contributed by atoms with Crippen LogP contribution in [0.2, 0.25) is 5.02 Å². The molecular formula is C22H27ClN4O4. The van der Waals surface area contributed by atoms with E-state index in [4.69, 9.17) is 11.6 Å². The maximum atomic E-state index is 12.7. The van der Waals surface area contributed by atoms with Crippen molar-refractivity contribution in [2.24, 2.45) is 0 Å². The Morgan fingerprint density at radius 2 is 1.65 bits per heavy atom. The fourth-order valence-electron chi connectivity index (χ4n) is 4.71. The molecule has 8 nitrogen and oxygen atoms in total. The number of nitrogens with zero attached hydrogens (tertiary/aromatic N) is 3. The van der Waals surface area contributed by atoms with E-state index in [0.29, 0.717) is 56.0 Å². The van der Waals surface area contributed by atoms with Gasteiger partial charge in [-0.05, 0) is 31.4 Å². The van der Waals surface area contributed by atoms with Gasteiger partial charge in [-0.1, -0.05) is 36.6 Å². The molecule has 2 heterocycles. The maximum Gasteiger partial charge on any atom is 0.325 e. The molecule has 0 atom stereocenters. The minimum Gasteiger partial charge on any atom is -0.339 e. The highest BCUT2D eigenvalue weighted by Gasteiger charge is 2.52. The van der Waals surface area contributed by atoms with Gasteiger partial charge in [0.25, 0.3) is 11.8 Å². The van der Waals surface area contributed by atoms with Gasteiger partial charge in [-0.25, -0.2) is 4.79 Å². The SMILES string of the molecule is O=C(CCCN1C(=O)NC2(CCCC2)C1=O)N1CCN(C(=O)c2ccccc2Cl)CC1. The summed E-state index contributed by atoms with van der Waals surface area (Å²) in [5.41, 5.74) is -0.233. The Labute approximate surface area is 186 Å². The van der Waals surface area contributed by atoms with E-state index in [0.717, 1.165) is 12.8 Å². The van der Waals surface area contributed by atoms with Crippen LogP contribution in [0.3, 0.4) is 0 Å². The Morgan fingerprint density at radius 3 is 2.32 bits per heavy atom. The van der Waals surface area contributed by atoms with Crippen molar-refractivity contribution < 1.29 is 19.2 Å². The van der Waals surface area contributed by atoms with Gasteiger partial charge in [-0.15, -0.1) is 0 Å². The van der Waals surface area contributed by atoms with Crippen molar-refractivity contribution in [3.8, 4) is 0 Å². The van der Waals surface area contributed by atoms with Gasteiger partial charge < -0.3 is 15.1 Å². The van der Waals surface area contributed by atoms with Crippen molar-refractivity contribution in [3.05, 3.63) is 34.9 Å². The first-order chi connectivity index (χ1) is 14.9. The first kappa shape index (κ1) is 21.6. The highest BCUT2D eigenvalue weighted by atomic mass is 35.5. The van der Waals surface area contributed by atoms with Gasteiger partial charge in [0.1, 0.15) is 5.54 Å². The molecule has 3 fully saturated rings. The molecule has 1 aromatic carbocycles. The number of nitrogens with one attached hydrogen (secondary N) is 1. The highest BCUT2D eigenvalue weighted by molar-refractivity contribution is 6.33. The van der Waals surface area contributed by atoms with Crippen LogP contribution in [-0.2, 0) is 9.59 Å². The van der Waals surface area contributed by atoms with E-state index in [1.165, 1.54) is 4.90 Å². The summed E-state index contributed by atoms with van der Waals surface area (Å²) in [7, 11) is 0. The fourth-order valence-corrected chi connectivity index (χ4v) is 4.92. The second-order valence-electron chi connectivity index (χ2n) is 8.43. The zero-order valence-electron chi connectivity index (χ0n) is 17.4. The predicted octanol–water partition coefficient (Wildman–Crippen LogP) is 2.27. The summed E-state index contributed by atoms with van der Waals surface area (Å²) in [5.74, 6) is -0.293. The van der Waals surface area contributed by atoms with E-state index in [1.807, 2.05) is 0 Å². The summed E-state index contributed by atoms with van der Waals surface area (Å²) in [6, 6.07) is 6.61. The number of carbonyl (C=O) groups is 4. The molecule has 2 aliphatic heterocycles. The van der Waals surface area contributed by atoms with Crippen LogP contribution in [0.4, 0.5) is 4.79 Å². The summed E-state index contributed by atoms with van der Waals surface area (Å²) in [5, 5.41) is 3.28. The Balaban J connectivity index is 1.23. The molecule has 5 amide bonds. The lowest BCUT2D eigenvalue weighted by Gasteiger charge is -2.35. The monoisotopic (exact) mass is 446 g/mol. The van der Waals surface area contributed by atoms with E-state index < -0.39 is 5.54 Å². The third-order valence-electron chi connectivity index (χ3n) is 6.50. The number of piperazine rings is 1. The highest BCUT2D eigenvalue weighted by Crippen LogP contribution is 2.35. The molecule has 0 radical (unpaired) electrons. The molecule has 3 aliphatic rings. The smallest absolute Gasteiger partial charge is 0.325 e. The van der Waals surface area contributed by atoms with Crippen LogP contribution in [0.15, 0.2) is 24.3 Å². The Hall–Kier alpha value is -2.61. The zero-order valence-corrected chi connectivity index (χ0v) is 18.2. The molecule has 31 heavy (non-hydrogen) atoms. The molecule has 0 bridgehead atoms. The fraction of sp³-hybridized carbons (Fsp3) is 0.545. The van der Waals surface area contributed by atoms with Gasteiger partial charge in [-0.2, -0.15) is 0 Å². The van der Waals surface area contributed by atoms with Crippen molar-refractivity contribution in [3.63, 3.8) is 0 Å². The third kappa shape index (κ3) is 4.26. The molecule has 1 aromatic rings. The van der Waals surface area contributed by atoms with Crippen molar-refractivity contribution in [1.82, 2.24) is 20.0 Å². The molecular weight excluding hydrogens is 420 g/mol. The van der Waals surface area contributed by atoms with Crippen LogP contribution in [0, 0.1) is 0 Å². The molecule has 0 unspecified atom stereocenters. The van der Waals surface area contributed by atoms with Crippen LogP contribution < -0.4 is 5.32 Å². The lowest BCUT2D eigenvalue weighted by Crippen LogP contribution is -2.50. The minimum absolute atomic E-state index is 0.0209. The van der Waals surface area contributed by atoms with Crippen LogP contribution in [0.25, 0.3) is 0 Å². The first-order valence-electron chi connectivity index (χ1n) is 10.9. The molecule has 0 aromatic heterocycles. The van der Waals surface area contributed by atoms with Crippen molar-refractivity contribution in [2.75, 3.05) is 32.7 Å². The van der Waals surface area contributed by atoms with E-state index in [2.05, 4.69) is 5.32 Å². The Bertz CT molecular complexity index is 891. The van der Waals surface area contributed by atoms with Crippen LogP contribution >= 0.6 is 11.6 Å². The van der Waals surface area contributed by atoms with Crippen LogP contribution in [0.1, 0.15) is 48.9 Å². The van der Waals surface area contributed by atoms with Gasteiger partial charge in [0.15, 0.2) is 0 Å². The number of imide groups is 1. The minimum atomic E-state index is -0.703. The molecule has 1 spiro atoms. The number of halogens is 1. The number of carbonyl (C=O) groups excluding carboxylic acids is 4. The third-order valence-corrected chi connectivity index (χ3v) is 6.83. The number of rotatable bonds is 5. The standard InChI is InChI=1S/C22H27ClN4O4/c23-17-7-2-1-6-16(17)19(29)26-14-12-25(13-15-26)18(28)8-5-11-27-20(30)22(24-21(27)31)9-3-4-10-22/h1-2,6-7H,3-5,8-15H2,(H,24,31). The number of hydrogen-bond acceptors (Lipinski definition) is 4. The van der Waals surface area contributed by atoms with Crippen molar-refractivity contribution >= 4 is 35.4 Å². The number of hydrogen-bond donors (Lipinski definition) is 1. The molecule has 9 heteroatoms. The van der Waals surface area contributed by atoms with Crippen LogP contribution in [-0.4, -0.2) is 76.7 Å². The Morgan fingerprint density at radius 1 is 1.00 bits per heavy atom. The molecule has 1 saturated carbocycles. The van der Waals surface area contributed by atoms with Gasteiger partial charge in [0.05, 0.1) is 10.6 Å². The summed E-state index contributed by atoms with van der Waals surface area (Å²) < 4.78 is 0. The zero-order chi connectivity index (χ0) is 22.0. The summed E-state index contributed by atoms with van der Waals surface area (Å²) >= 11 is 6.12. The predicted molar refractivity (Wildman–Crippen MR) is 115 cm³/mol. The molecule has 166 valence electrons. The van der Waals surface area contributed by atoms with E-state index in [1.54, 1.807) is 34.1 Å². The van der Waals surface area contributed by atoms with Gasteiger partial charge in [0.2, 0.25) is 5.91 Å². The first-order valence-corrected chi connectivity index (χ1v) is 11.2. The van der Waals surface area contributed by atoms with Gasteiger partial charge in [-0.3, -0.25) is 19.3 Å². The lowest BCUT2D eigenvalue weighted by atomic mass is 9.98. The van der Waals surface area contributed by atoms with Crippen molar-refractivity contribution in [2.45, 2.75) is 44.1 Å². The number of amides is 5. The van der Waals surface area contributed by atoms with E-state index in [-0.39, 0.29) is 36.7 Å². The summed E-state index contributed by atoms with van der Waals surface area (Å²) in [6.45, 7) is 2.07. The van der Waals surface area contributed by atoms with Crippen molar-refractivity contribution in [1.29, 1.82) is 0 Å². The second kappa shape index (κ2) is 8.86. The van der Waals surface area contributed by atoms with Gasteiger partial charge in [0, 0.05) is 39.1 Å².